The Hall–Kier alpha value is -2.40. The van der Waals surface area contributed by atoms with Crippen molar-refractivity contribution >= 4 is 17.2 Å². The first-order valence-corrected chi connectivity index (χ1v) is 8.55. The summed E-state index contributed by atoms with van der Waals surface area (Å²) in [6.45, 7) is 1.39. The average Bonchev–Trinajstić information content (AvgIpc) is 3.26. The SMILES string of the molecule is O=C(CCc1ccsc1)NCc1ccc(Cn2ccnc2)cc1. The first-order valence-electron chi connectivity index (χ1n) is 7.61. The van der Waals surface area contributed by atoms with Gasteiger partial charge in [0.05, 0.1) is 6.33 Å². The molecular weight excluding hydrogens is 306 g/mol. The Morgan fingerprint density at radius 3 is 2.65 bits per heavy atom. The summed E-state index contributed by atoms with van der Waals surface area (Å²) < 4.78 is 2.03. The molecule has 118 valence electrons. The fourth-order valence-electron chi connectivity index (χ4n) is 2.34. The van der Waals surface area contributed by atoms with Crippen LogP contribution in [0.5, 0.6) is 0 Å². The van der Waals surface area contributed by atoms with E-state index in [1.165, 1.54) is 11.1 Å². The van der Waals surface area contributed by atoms with E-state index in [0.717, 1.165) is 18.5 Å². The number of hydrogen-bond acceptors (Lipinski definition) is 3. The van der Waals surface area contributed by atoms with E-state index in [4.69, 9.17) is 0 Å². The van der Waals surface area contributed by atoms with Gasteiger partial charge in [-0.1, -0.05) is 24.3 Å². The van der Waals surface area contributed by atoms with Crippen molar-refractivity contribution in [1.29, 1.82) is 0 Å². The summed E-state index contributed by atoms with van der Waals surface area (Å²) in [5.41, 5.74) is 3.56. The van der Waals surface area contributed by atoms with Crippen LogP contribution in [0.25, 0.3) is 0 Å². The van der Waals surface area contributed by atoms with Gasteiger partial charge in [-0.3, -0.25) is 4.79 Å². The Bertz CT molecular complexity index is 718. The summed E-state index contributed by atoms with van der Waals surface area (Å²) in [5, 5.41) is 7.11. The van der Waals surface area contributed by atoms with Crippen LogP contribution >= 0.6 is 11.3 Å². The van der Waals surface area contributed by atoms with Crippen molar-refractivity contribution < 1.29 is 4.79 Å². The van der Waals surface area contributed by atoms with Gasteiger partial charge in [0.1, 0.15) is 0 Å². The molecule has 5 heteroatoms. The molecule has 0 saturated heterocycles. The molecule has 0 atom stereocenters. The maximum atomic E-state index is 11.9. The zero-order valence-corrected chi connectivity index (χ0v) is 13.6. The van der Waals surface area contributed by atoms with Gasteiger partial charge < -0.3 is 9.88 Å². The van der Waals surface area contributed by atoms with Gasteiger partial charge in [-0.05, 0) is 39.9 Å². The minimum Gasteiger partial charge on any atom is -0.352 e. The van der Waals surface area contributed by atoms with Crippen molar-refractivity contribution in [3.8, 4) is 0 Å². The molecule has 1 N–H and O–H groups in total. The number of hydrogen-bond donors (Lipinski definition) is 1. The van der Waals surface area contributed by atoms with Gasteiger partial charge in [-0.15, -0.1) is 0 Å². The monoisotopic (exact) mass is 325 g/mol. The van der Waals surface area contributed by atoms with E-state index in [0.29, 0.717) is 13.0 Å². The molecule has 0 radical (unpaired) electrons. The number of imidazole rings is 1. The number of carbonyl (C=O) groups is 1. The molecule has 0 aliphatic heterocycles. The van der Waals surface area contributed by atoms with Crippen LogP contribution in [0.3, 0.4) is 0 Å². The predicted octanol–water partition coefficient (Wildman–Crippen LogP) is 3.24. The van der Waals surface area contributed by atoms with Crippen molar-refractivity contribution in [1.82, 2.24) is 14.9 Å². The smallest absolute Gasteiger partial charge is 0.220 e. The number of nitrogens with zero attached hydrogens (tertiary/aromatic N) is 2. The molecule has 0 bridgehead atoms. The third-order valence-electron chi connectivity index (χ3n) is 3.66. The standard InChI is InChI=1S/C18H19N3OS/c22-18(6-5-17-7-10-23-13-17)20-11-15-1-3-16(4-2-15)12-21-9-8-19-14-21/h1-4,7-10,13-14H,5-6,11-12H2,(H,20,22). The lowest BCUT2D eigenvalue weighted by atomic mass is 10.1. The van der Waals surface area contributed by atoms with E-state index in [1.54, 1.807) is 17.5 Å². The van der Waals surface area contributed by atoms with Gasteiger partial charge in [0.15, 0.2) is 0 Å². The summed E-state index contributed by atoms with van der Waals surface area (Å²) in [5.74, 6) is 0.0960. The molecule has 3 rings (SSSR count). The Labute approximate surface area is 139 Å². The fourth-order valence-corrected chi connectivity index (χ4v) is 3.04. The highest BCUT2D eigenvalue weighted by molar-refractivity contribution is 7.07. The lowest BCUT2D eigenvalue weighted by Crippen LogP contribution is -2.22. The van der Waals surface area contributed by atoms with Crippen LogP contribution in [0.1, 0.15) is 23.1 Å². The van der Waals surface area contributed by atoms with Crippen molar-refractivity contribution in [2.75, 3.05) is 0 Å². The molecule has 0 saturated carbocycles. The molecule has 23 heavy (non-hydrogen) atoms. The third-order valence-corrected chi connectivity index (χ3v) is 4.39. The number of rotatable bonds is 7. The summed E-state index contributed by atoms with van der Waals surface area (Å²) in [4.78, 5) is 15.9. The number of amides is 1. The lowest BCUT2D eigenvalue weighted by molar-refractivity contribution is -0.121. The zero-order valence-electron chi connectivity index (χ0n) is 12.8. The van der Waals surface area contributed by atoms with E-state index in [2.05, 4.69) is 46.0 Å². The summed E-state index contributed by atoms with van der Waals surface area (Å²) in [7, 11) is 0. The minimum absolute atomic E-state index is 0.0960. The second-order valence-electron chi connectivity index (χ2n) is 5.46. The molecule has 4 nitrogen and oxygen atoms in total. The Kier molecular flexibility index (Phi) is 5.21. The van der Waals surface area contributed by atoms with E-state index in [-0.39, 0.29) is 5.91 Å². The van der Waals surface area contributed by atoms with Crippen LogP contribution in [0.2, 0.25) is 0 Å². The summed E-state index contributed by atoms with van der Waals surface area (Å²) >= 11 is 1.67. The molecule has 1 aromatic carbocycles. The van der Waals surface area contributed by atoms with E-state index in [9.17, 15) is 4.79 Å². The quantitative estimate of drug-likeness (QED) is 0.725. The molecule has 2 aromatic heterocycles. The second kappa shape index (κ2) is 7.74. The number of aryl methyl sites for hydroxylation is 1. The van der Waals surface area contributed by atoms with Crippen LogP contribution in [0.15, 0.2) is 59.8 Å². The molecule has 2 heterocycles. The molecule has 0 aliphatic carbocycles. The van der Waals surface area contributed by atoms with Crippen molar-refractivity contribution in [2.45, 2.75) is 25.9 Å². The molecule has 0 unspecified atom stereocenters. The molecule has 3 aromatic rings. The Morgan fingerprint density at radius 2 is 1.96 bits per heavy atom. The predicted molar refractivity (Wildman–Crippen MR) is 92.3 cm³/mol. The molecule has 1 amide bonds. The van der Waals surface area contributed by atoms with Crippen molar-refractivity contribution in [2.24, 2.45) is 0 Å². The highest BCUT2D eigenvalue weighted by Crippen LogP contribution is 2.09. The zero-order chi connectivity index (χ0) is 15.9. The fraction of sp³-hybridized carbons (Fsp3) is 0.222. The molecule has 0 spiro atoms. The highest BCUT2D eigenvalue weighted by Gasteiger charge is 2.03. The molecular formula is C18H19N3OS. The molecule has 0 fully saturated rings. The van der Waals surface area contributed by atoms with E-state index in [1.807, 2.05) is 22.5 Å². The van der Waals surface area contributed by atoms with Crippen LogP contribution in [0.4, 0.5) is 0 Å². The van der Waals surface area contributed by atoms with Crippen LogP contribution in [0, 0.1) is 0 Å². The van der Waals surface area contributed by atoms with Gasteiger partial charge in [0.25, 0.3) is 0 Å². The lowest BCUT2D eigenvalue weighted by Gasteiger charge is -2.07. The maximum absolute atomic E-state index is 11.9. The Balaban J connectivity index is 1.43. The third kappa shape index (κ3) is 4.79. The van der Waals surface area contributed by atoms with Crippen molar-refractivity contribution in [3.05, 3.63) is 76.5 Å². The first-order chi connectivity index (χ1) is 11.3. The van der Waals surface area contributed by atoms with E-state index < -0.39 is 0 Å². The topological polar surface area (TPSA) is 46.9 Å². The minimum atomic E-state index is 0.0960. The summed E-state index contributed by atoms with van der Waals surface area (Å²) in [6, 6.07) is 10.4. The van der Waals surface area contributed by atoms with Crippen LogP contribution < -0.4 is 5.32 Å². The van der Waals surface area contributed by atoms with Crippen LogP contribution in [-0.4, -0.2) is 15.5 Å². The number of aromatic nitrogens is 2. The average molecular weight is 325 g/mol. The van der Waals surface area contributed by atoms with Crippen LogP contribution in [-0.2, 0) is 24.3 Å². The number of nitrogens with one attached hydrogen (secondary N) is 1. The van der Waals surface area contributed by atoms with Gasteiger partial charge in [0, 0.05) is 31.9 Å². The number of benzene rings is 1. The largest absolute Gasteiger partial charge is 0.352 e. The van der Waals surface area contributed by atoms with E-state index >= 15 is 0 Å². The van der Waals surface area contributed by atoms with Crippen molar-refractivity contribution in [3.63, 3.8) is 0 Å². The number of carbonyl (C=O) groups excluding carboxylic acids is 1. The Morgan fingerprint density at radius 1 is 1.13 bits per heavy atom. The normalized spacial score (nSPS) is 10.6. The van der Waals surface area contributed by atoms with Gasteiger partial charge in [-0.25, -0.2) is 4.98 Å². The number of thiophene rings is 1. The maximum Gasteiger partial charge on any atom is 0.220 e. The van der Waals surface area contributed by atoms with Gasteiger partial charge in [-0.2, -0.15) is 11.3 Å². The second-order valence-corrected chi connectivity index (χ2v) is 6.24. The van der Waals surface area contributed by atoms with Gasteiger partial charge in [0.2, 0.25) is 5.91 Å². The molecule has 0 aliphatic rings. The van der Waals surface area contributed by atoms with Gasteiger partial charge >= 0.3 is 0 Å². The first kappa shape index (κ1) is 15.5. The highest BCUT2D eigenvalue weighted by atomic mass is 32.1. The summed E-state index contributed by atoms with van der Waals surface area (Å²) in [6.07, 6.45) is 6.87.